The van der Waals surface area contributed by atoms with Gasteiger partial charge in [0.1, 0.15) is 12.4 Å². The van der Waals surface area contributed by atoms with E-state index >= 15 is 0 Å². The summed E-state index contributed by atoms with van der Waals surface area (Å²) in [5.74, 6) is 0.539. The number of hydrogen-bond acceptors (Lipinski definition) is 4. The van der Waals surface area contributed by atoms with E-state index in [2.05, 4.69) is 15.2 Å². The van der Waals surface area contributed by atoms with Gasteiger partial charge in [0.2, 0.25) is 0 Å². The summed E-state index contributed by atoms with van der Waals surface area (Å²) in [7, 11) is -2.87. The van der Waals surface area contributed by atoms with E-state index in [9.17, 15) is 0 Å². The van der Waals surface area contributed by atoms with Crippen LogP contribution in [0.3, 0.4) is 0 Å². The Balaban J connectivity index is 0.000000310. The molecule has 8 heteroatoms. The molecule has 0 aromatic carbocycles. The van der Waals surface area contributed by atoms with E-state index < -0.39 is 14.4 Å². The molecule has 1 aromatic heterocycles. The molecule has 0 saturated carbocycles. The lowest BCUT2D eigenvalue weighted by molar-refractivity contribution is 0.164. The van der Waals surface area contributed by atoms with Gasteiger partial charge in [0.15, 0.2) is 5.82 Å². The summed E-state index contributed by atoms with van der Waals surface area (Å²) in [5.41, 5.74) is 0. The first kappa shape index (κ1) is 12.1. The van der Waals surface area contributed by atoms with Crippen molar-refractivity contribution < 1.29 is 19.5 Å². The van der Waals surface area contributed by atoms with Crippen molar-refractivity contribution in [2.24, 2.45) is 0 Å². The maximum atomic E-state index is 9.08. The van der Waals surface area contributed by atoms with Crippen LogP contribution in [0.1, 0.15) is 25.3 Å². The first-order valence-corrected chi connectivity index (χ1v) is 4.62. The fourth-order valence-electron chi connectivity index (χ4n) is 0.569. The normalized spacial score (nSPS) is 11.4. The second-order valence-corrected chi connectivity index (χ2v) is 2.55. The molecule has 0 aliphatic heterocycles. The lowest BCUT2D eigenvalue weighted by Crippen LogP contribution is -1.96. The number of H-pyrrole nitrogens is 1. The maximum absolute atomic E-state index is 9.08. The molecule has 0 fully saturated rings. The van der Waals surface area contributed by atoms with Gasteiger partial charge in [-0.05, 0) is 6.42 Å². The first-order chi connectivity index (χ1) is 6.07. The highest BCUT2D eigenvalue weighted by Crippen LogP contribution is 2.07. The molecule has 0 aliphatic rings. The smallest absolute Gasteiger partial charge is 0.385 e. The molecule has 1 aromatic rings. The fraction of sp³-hybridized carbons (Fsp3) is 0.600. The second kappa shape index (κ2) is 6.62. The van der Waals surface area contributed by atoms with Crippen molar-refractivity contribution in [3.8, 4) is 0 Å². The second-order valence-electron chi connectivity index (χ2n) is 2.05. The zero-order chi connectivity index (χ0) is 10.3. The predicted octanol–water partition coefficient (Wildman–Crippen LogP) is -0.124. The zero-order valence-corrected chi connectivity index (χ0v) is 7.85. The van der Waals surface area contributed by atoms with Gasteiger partial charge in [0.25, 0.3) is 0 Å². The Morgan fingerprint density at radius 1 is 1.69 bits per heavy atom. The molecule has 1 unspecified atom stereocenters. The number of nitrogens with one attached hydrogen (secondary N) is 1. The van der Waals surface area contributed by atoms with Crippen LogP contribution in [0.2, 0.25) is 0 Å². The van der Waals surface area contributed by atoms with E-state index in [1.54, 1.807) is 0 Å². The predicted molar refractivity (Wildman–Crippen MR) is 43.7 cm³/mol. The number of aromatic amines is 1. The third kappa shape index (κ3) is 6.30. The van der Waals surface area contributed by atoms with Crippen molar-refractivity contribution >= 4 is 8.25 Å². The molecule has 1 heterocycles. The van der Waals surface area contributed by atoms with Crippen molar-refractivity contribution in [1.82, 2.24) is 15.2 Å². The van der Waals surface area contributed by atoms with Gasteiger partial charge < -0.3 is 5.11 Å². The standard InChI is InChI=1S/C5H9N3O.HO3P/c1-2-4(9)5-6-3-7-8-5;1-4(2)3/h3-4,9H,2H2,1H3,(H,6,7,8);(H-,1,2,3)/p+1. The van der Waals surface area contributed by atoms with Gasteiger partial charge in [-0.1, -0.05) is 6.92 Å². The third-order valence-electron chi connectivity index (χ3n) is 1.14. The van der Waals surface area contributed by atoms with Crippen LogP contribution in [0.5, 0.6) is 0 Å². The van der Waals surface area contributed by atoms with Crippen LogP contribution < -0.4 is 0 Å². The molecule has 13 heavy (non-hydrogen) atoms. The van der Waals surface area contributed by atoms with E-state index in [-0.39, 0.29) is 0 Å². The highest BCUT2D eigenvalue weighted by Gasteiger charge is 2.05. The topological polar surface area (TPSA) is 119 Å². The molecule has 0 spiro atoms. The van der Waals surface area contributed by atoms with Gasteiger partial charge in [-0.2, -0.15) is 5.10 Å². The third-order valence-corrected chi connectivity index (χ3v) is 1.14. The lowest BCUT2D eigenvalue weighted by Gasteiger charge is -1.99. The van der Waals surface area contributed by atoms with Crippen molar-refractivity contribution in [1.29, 1.82) is 0 Å². The monoisotopic (exact) mass is 208 g/mol. The summed E-state index contributed by atoms with van der Waals surface area (Å²) in [5, 5.41) is 15.3. The summed E-state index contributed by atoms with van der Waals surface area (Å²) >= 11 is 0. The minimum atomic E-state index is -2.87. The molecule has 74 valence electrons. The fourth-order valence-corrected chi connectivity index (χ4v) is 0.569. The Hall–Kier alpha value is -0.880. The van der Waals surface area contributed by atoms with Gasteiger partial charge >= 0.3 is 8.25 Å². The lowest BCUT2D eigenvalue weighted by atomic mass is 10.3. The van der Waals surface area contributed by atoms with Gasteiger partial charge in [0, 0.05) is 4.57 Å². The number of rotatable bonds is 2. The van der Waals surface area contributed by atoms with Crippen LogP contribution in [-0.4, -0.2) is 30.1 Å². The van der Waals surface area contributed by atoms with Gasteiger partial charge in [-0.25, -0.2) is 4.98 Å². The van der Waals surface area contributed by atoms with E-state index in [1.165, 1.54) is 6.33 Å². The highest BCUT2D eigenvalue weighted by atomic mass is 31.1. The average Bonchev–Trinajstić information content (AvgIpc) is 2.54. The minimum absolute atomic E-state index is 0.493. The number of nitrogens with zero attached hydrogens (tertiary/aromatic N) is 2. The molecule has 1 atom stereocenters. The number of aliphatic hydroxyl groups excluding tert-OH is 1. The average molecular weight is 208 g/mol. The van der Waals surface area contributed by atoms with Gasteiger partial charge in [0.05, 0.1) is 0 Å². The molecule has 0 aliphatic carbocycles. The van der Waals surface area contributed by atoms with Crippen molar-refractivity contribution in [3.05, 3.63) is 12.2 Å². The Labute approximate surface area is 75.4 Å². The Kier molecular flexibility index (Phi) is 6.17. The summed E-state index contributed by atoms with van der Waals surface area (Å²) in [6, 6.07) is 0. The Bertz CT molecular complexity index is 236. The highest BCUT2D eigenvalue weighted by molar-refractivity contribution is 7.30. The number of aromatic nitrogens is 3. The van der Waals surface area contributed by atoms with E-state index in [1.807, 2.05) is 6.92 Å². The van der Waals surface area contributed by atoms with E-state index in [4.69, 9.17) is 19.5 Å². The molecule has 4 N–H and O–H groups in total. The van der Waals surface area contributed by atoms with Crippen molar-refractivity contribution in [2.45, 2.75) is 19.4 Å². The Morgan fingerprint density at radius 3 is 2.54 bits per heavy atom. The SMILES string of the molecule is CCC(O)c1ncn[nH]1.O=[P+](O)O. The van der Waals surface area contributed by atoms with Gasteiger partial charge in [-0.15, -0.1) is 9.79 Å². The van der Waals surface area contributed by atoms with Crippen molar-refractivity contribution in [2.75, 3.05) is 0 Å². The van der Waals surface area contributed by atoms with Crippen LogP contribution in [0.4, 0.5) is 0 Å². The number of hydrogen-bond donors (Lipinski definition) is 4. The van der Waals surface area contributed by atoms with Gasteiger partial charge in [-0.3, -0.25) is 5.10 Å². The zero-order valence-electron chi connectivity index (χ0n) is 6.95. The largest absolute Gasteiger partial charge is 0.692 e. The van der Waals surface area contributed by atoms with Crippen LogP contribution in [0.25, 0.3) is 0 Å². The van der Waals surface area contributed by atoms with E-state index in [0.717, 1.165) is 0 Å². The molecular formula is C5H11N3O4P+. The first-order valence-electron chi connectivity index (χ1n) is 3.46. The van der Waals surface area contributed by atoms with Crippen molar-refractivity contribution in [3.63, 3.8) is 0 Å². The number of aliphatic hydroxyl groups is 1. The molecule has 0 bridgehead atoms. The summed E-state index contributed by atoms with van der Waals surface area (Å²) < 4.78 is 8.70. The maximum Gasteiger partial charge on any atom is 0.692 e. The molecule has 0 radical (unpaired) electrons. The minimum Gasteiger partial charge on any atom is -0.385 e. The quantitative estimate of drug-likeness (QED) is 0.503. The summed E-state index contributed by atoms with van der Waals surface area (Å²) in [6.07, 6.45) is 1.55. The molecule has 1 rings (SSSR count). The van der Waals surface area contributed by atoms with Crippen LogP contribution in [-0.2, 0) is 4.57 Å². The Morgan fingerprint density at radius 2 is 2.23 bits per heavy atom. The van der Waals surface area contributed by atoms with Crippen LogP contribution in [0, 0.1) is 0 Å². The molecular weight excluding hydrogens is 197 g/mol. The molecule has 0 amide bonds. The van der Waals surface area contributed by atoms with Crippen LogP contribution >= 0.6 is 8.25 Å². The summed E-state index contributed by atoms with van der Waals surface area (Å²) in [4.78, 5) is 18.0. The molecule has 7 nitrogen and oxygen atoms in total. The molecule has 0 saturated heterocycles. The van der Waals surface area contributed by atoms with Crippen LogP contribution in [0.15, 0.2) is 6.33 Å². The van der Waals surface area contributed by atoms with E-state index in [0.29, 0.717) is 12.2 Å². The summed E-state index contributed by atoms with van der Waals surface area (Å²) in [6.45, 7) is 1.88.